The Morgan fingerprint density at radius 2 is 2.11 bits per heavy atom. The summed E-state index contributed by atoms with van der Waals surface area (Å²) in [6.07, 6.45) is 1.02. The van der Waals surface area contributed by atoms with Crippen LogP contribution in [0.5, 0.6) is 0 Å². The van der Waals surface area contributed by atoms with E-state index in [1.54, 1.807) is 0 Å². The first-order valence-corrected chi connectivity index (χ1v) is 10.5. The number of anilines is 2. The van der Waals surface area contributed by atoms with E-state index in [2.05, 4.69) is 22.2 Å². The lowest BCUT2D eigenvalue weighted by Crippen LogP contribution is -2.35. The number of aromatic nitrogens is 2. The molecular formula is C17H27ClN4O4S. The second-order valence-corrected chi connectivity index (χ2v) is 8.51. The van der Waals surface area contributed by atoms with Crippen LogP contribution in [-0.2, 0) is 14.2 Å². The number of thioether (sulfide) groups is 1. The Kier molecular flexibility index (Phi) is 6.70. The highest BCUT2D eigenvalue weighted by molar-refractivity contribution is 7.99. The third-order valence-electron chi connectivity index (χ3n) is 4.47. The molecule has 27 heavy (non-hydrogen) atoms. The molecule has 1 aliphatic heterocycles. The van der Waals surface area contributed by atoms with Gasteiger partial charge >= 0.3 is 0 Å². The van der Waals surface area contributed by atoms with E-state index in [0.717, 1.165) is 12.2 Å². The summed E-state index contributed by atoms with van der Waals surface area (Å²) in [7, 11) is 0. The quantitative estimate of drug-likeness (QED) is 0.332. The van der Waals surface area contributed by atoms with Crippen molar-refractivity contribution in [2.75, 3.05) is 30.0 Å². The van der Waals surface area contributed by atoms with Gasteiger partial charge in [0, 0.05) is 5.75 Å². The summed E-state index contributed by atoms with van der Waals surface area (Å²) < 4.78 is 17.9. The summed E-state index contributed by atoms with van der Waals surface area (Å²) >= 11 is 7.73. The van der Waals surface area contributed by atoms with Gasteiger partial charge in [0.05, 0.1) is 25.4 Å². The summed E-state index contributed by atoms with van der Waals surface area (Å²) in [6, 6.07) is -0.113. The van der Waals surface area contributed by atoms with Gasteiger partial charge in [-0.15, -0.1) is 0 Å². The van der Waals surface area contributed by atoms with Crippen LogP contribution in [0.3, 0.4) is 0 Å². The molecule has 0 radical (unpaired) electrons. The summed E-state index contributed by atoms with van der Waals surface area (Å²) in [4.78, 5) is 8.76. The van der Waals surface area contributed by atoms with E-state index in [0.29, 0.717) is 23.1 Å². The molecule has 2 aliphatic rings. The topological polar surface area (TPSA) is 112 Å². The van der Waals surface area contributed by atoms with Crippen LogP contribution in [0.4, 0.5) is 11.5 Å². The van der Waals surface area contributed by atoms with Crippen molar-refractivity contribution in [2.24, 2.45) is 0 Å². The molecule has 10 heteroatoms. The number of hydrogen-bond donors (Lipinski definition) is 3. The number of ether oxygens (including phenoxy) is 3. The summed E-state index contributed by atoms with van der Waals surface area (Å²) in [6.45, 7) is 6.06. The molecule has 152 valence electrons. The maximum absolute atomic E-state index is 9.08. The van der Waals surface area contributed by atoms with Gasteiger partial charge in [0.25, 0.3) is 0 Å². The number of nitrogens with zero attached hydrogens (tertiary/aromatic N) is 2. The predicted molar refractivity (Wildman–Crippen MR) is 105 cm³/mol. The molecule has 3 rings (SSSR count). The molecule has 0 aromatic carbocycles. The van der Waals surface area contributed by atoms with Crippen molar-refractivity contribution in [2.45, 2.75) is 68.9 Å². The van der Waals surface area contributed by atoms with Crippen LogP contribution in [-0.4, -0.2) is 64.2 Å². The van der Waals surface area contributed by atoms with Crippen molar-refractivity contribution in [3.05, 3.63) is 5.15 Å². The molecule has 0 amide bonds. The molecular weight excluding hydrogens is 392 g/mol. The Morgan fingerprint density at radius 1 is 1.37 bits per heavy atom. The fourth-order valence-corrected chi connectivity index (χ4v) is 4.33. The largest absolute Gasteiger partial charge is 0.394 e. The minimum absolute atomic E-state index is 0.0390. The molecule has 1 saturated heterocycles. The van der Waals surface area contributed by atoms with Gasteiger partial charge in [-0.1, -0.05) is 30.3 Å². The minimum Gasteiger partial charge on any atom is -0.394 e. The van der Waals surface area contributed by atoms with Crippen LogP contribution < -0.4 is 11.1 Å². The molecule has 1 aromatic rings. The molecule has 0 bridgehead atoms. The molecule has 1 aromatic heterocycles. The van der Waals surface area contributed by atoms with Gasteiger partial charge in [-0.05, 0) is 26.7 Å². The molecule has 2 unspecified atom stereocenters. The van der Waals surface area contributed by atoms with Gasteiger partial charge in [0.1, 0.15) is 17.9 Å². The number of rotatable bonds is 8. The van der Waals surface area contributed by atoms with Crippen molar-refractivity contribution in [3.8, 4) is 0 Å². The number of fused-ring (bicyclic) bond motifs is 1. The molecule has 2 heterocycles. The SMILES string of the molecule is CCCSc1nc(Cl)c(N)c(N[C@@H]2CC(OCCO)[C@H]3OC(C)(C)OC32)n1. The first-order chi connectivity index (χ1) is 12.8. The molecule has 4 N–H and O–H groups in total. The monoisotopic (exact) mass is 418 g/mol. The average molecular weight is 419 g/mol. The van der Waals surface area contributed by atoms with Gasteiger partial charge < -0.3 is 30.4 Å². The van der Waals surface area contributed by atoms with Gasteiger partial charge in [-0.25, -0.2) is 9.97 Å². The highest BCUT2D eigenvalue weighted by Gasteiger charge is 2.54. The Labute approximate surface area is 168 Å². The maximum Gasteiger partial charge on any atom is 0.191 e. The zero-order valence-corrected chi connectivity index (χ0v) is 17.3. The van der Waals surface area contributed by atoms with Crippen molar-refractivity contribution >= 4 is 34.9 Å². The standard InChI is InChI=1S/C17H27ClN4O4S/c1-4-7-27-16-21-14(18)11(19)15(22-16)20-9-8-10(24-6-5-23)13-12(9)25-17(2,3)26-13/h9-10,12-13,23H,4-8,19H2,1-3H3,(H,20,21,22)/t9-,10?,12?,13-/m1/s1. The van der Waals surface area contributed by atoms with Crippen molar-refractivity contribution in [1.29, 1.82) is 0 Å². The van der Waals surface area contributed by atoms with E-state index in [-0.39, 0.29) is 42.7 Å². The Hall–Kier alpha value is -0.840. The second kappa shape index (κ2) is 8.67. The number of nitrogens with two attached hydrogens (primary N) is 1. The fraction of sp³-hybridized carbons (Fsp3) is 0.765. The van der Waals surface area contributed by atoms with Crippen LogP contribution in [0.1, 0.15) is 33.6 Å². The zero-order chi connectivity index (χ0) is 19.6. The minimum atomic E-state index is -0.701. The first-order valence-electron chi connectivity index (χ1n) is 9.15. The van der Waals surface area contributed by atoms with E-state index in [4.69, 9.17) is 36.7 Å². The van der Waals surface area contributed by atoms with Crippen LogP contribution in [0, 0.1) is 0 Å². The predicted octanol–water partition coefficient (Wildman–Crippen LogP) is 2.30. The van der Waals surface area contributed by atoms with Gasteiger partial charge in [-0.3, -0.25) is 0 Å². The van der Waals surface area contributed by atoms with E-state index in [1.807, 2.05) is 13.8 Å². The highest BCUT2D eigenvalue weighted by atomic mass is 35.5. The number of aliphatic hydroxyl groups is 1. The Bertz CT molecular complexity index is 666. The molecule has 2 fully saturated rings. The van der Waals surface area contributed by atoms with Crippen LogP contribution in [0.2, 0.25) is 5.15 Å². The van der Waals surface area contributed by atoms with E-state index in [1.165, 1.54) is 11.8 Å². The van der Waals surface area contributed by atoms with Crippen molar-refractivity contribution in [1.82, 2.24) is 9.97 Å². The van der Waals surface area contributed by atoms with Gasteiger partial charge in [0.2, 0.25) is 0 Å². The Balaban J connectivity index is 1.79. The van der Waals surface area contributed by atoms with Gasteiger partial charge in [0.15, 0.2) is 21.9 Å². The maximum atomic E-state index is 9.08. The summed E-state index contributed by atoms with van der Waals surface area (Å²) in [5.41, 5.74) is 6.41. The van der Waals surface area contributed by atoms with Crippen molar-refractivity contribution < 1.29 is 19.3 Å². The number of nitrogen functional groups attached to an aromatic ring is 1. The smallest absolute Gasteiger partial charge is 0.191 e. The molecule has 8 nitrogen and oxygen atoms in total. The highest BCUT2D eigenvalue weighted by Crippen LogP contribution is 2.41. The molecule has 1 saturated carbocycles. The number of nitrogens with one attached hydrogen (secondary N) is 1. The lowest BCUT2D eigenvalue weighted by atomic mass is 10.2. The van der Waals surface area contributed by atoms with E-state index >= 15 is 0 Å². The number of halogens is 1. The van der Waals surface area contributed by atoms with Gasteiger partial charge in [-0.2, -0.15) is 0 Å². The van der Waals surface area contributed by atoms with Crippen molar-refractivity contribution in [3.63, 3.8) is 0 Å². The lowest BCUT2D eigenvalue weighted by molar-refractivity contribution is -0.167. The summed E-state index contributed by atoms with van der Waals surface area (Å²) in [5.74, 6) is 0.692. The van der Waals surface area contributed by atoms with Crippen LogP contribution in [0.25, 0.3) is 0 Å². The summed E-state index contributed by atoms with van der Waals surface area (Å²) in [5, 5.41) is 13.3. The van der Waals surface area contributed by atoms with Crippen LogP contribution >= 0.6 is 23.4 Å². The van der Waals surface area contributed by atoms with E-state index < -0.39 is 5.79 Å². The first kappa shape index (κ1) is 20.9. The normalized spacial score (nSPS) is 29.1. The van der Waals surface area contributed by atoms with E-state index in [9.17, 15) is 0 Å². The average Bonchev–Trinajstić information content (AvgIpc) is 3.09. The number of hydrogen-bond acceptors (Lipinski definition) is 9. The lowest BCUT2D eigenvalue weighted by Gasteiger charge is -2.24. The molecule has 4 atom stereocenters. The molecule has 0 spiro atoms. The number of aliphatic hydroxyl groups excluding tert-OH is 1. The Morgan fingerprint density at radius 3 is 2.81 bits per heavy atom. The third-order valence-corrected chi connectivity index (χ3v) is 5.81. The zero-order valence-electron chi connectivity index (χ0n) is 15.8. The second-order valence-electron chi connectivity index (χ2n) is 7.09. The molecule has 1 aliphatic carbocycles. The fourth-order valence-electron chi connectivity index (χ4n) is 3.41. The third kappa shape index (κ3) is 4.78. The van der Waals surface area contributed by atoms with Crippen LogP contribution in [0.15, 0.2) is 5.16 Å².